The summed E-state index contributed by atoms with van der Waals surface area (Å²) in [5.41, 5.74) is -5.02. The van der Waals surface area contributed by atoms with Crippen LogP contribution in [0.15, 0.2) is 53.4 Å². The topological polar surface area (TPSA) is 66.4 Å². The Labute approximate surface area is 135 Å². The lowest BCUT2D eigenvalue weighted by atomic mass is 10.1. The largest absolute Gasteiger partial charge is 0.501 e. The number of aliphatic hydroxyl groups is 1. The Bertz CT molecular complexity index is 804. The first-order valence-electron chi connectivity index (χ1n) is 6.70. The summed E-state index contributed by atoms with van der Waals surface area (Å²) in [6, 6.07) is 9.49. The summed E-state index contributed by atoms with van der Waals surface area (Å²) < 4.78 is 73.2. The second-order valence-electron chi connectivity index (χ2n) is 4.89. The highest BCUT2D eigenvalue weighted by Gasteiger charge is 2.46. The maximum absolute atomic E-state index is 13.5. The lowest BCUT2D eigenvalue weighted by molar-refractivity contribution is -0.0436. The lowest BCUT2D eigenvalue weighted by Crippen LogP contribution is -2.23. The van der Waals surface area contributed by atoms with Gasteiger partial charge in [-0.1, -0.05) is 18.2 Å². The average molecular weight is 363 g/mol. The quantitative estimate of drug-likeness (QED) is 0.801. The molecule has 9 heteroatoms. The molecule has 2 rings (SSSR count). The number of hydrogen-bond acceptors (Lipinski definition) is 4. The van der Waals surface area contributed by atoms with Gasteiger partial charge in [0.15, 0.2) is 0 Å². The van der Waals surface area contributed by atoms with Crippen LogP contribution in [0.1, 0.15) is 11.7 Å². The fourth-order valence-electron chi connectivity index (χ4n) is 1.96. The monoisotopic (exact) mass is 363 g/mol. The molecule has 0 aliphatic rings. The molecule has 1 atom stereocenters. The van der Waals surface area contributed by atoms with Crippen LogP contribution in [0.2, 0.25) is 0 Å². The molecule has 4 nitrogen and oxygen atoms in total. The molecule has 0 aliphatic heterocycles. The van der Waals surface area contributed by atoms with Crippen LogP contribution in [0.5, 0.6) is 0 Å². The Morgan fingerprint density at radius 1 is 1.04 bits per heavy atom. The number of halogens is 4. The van der Waals surface area contributed by atoms with Crippen LogP contribution in [0.4, 0.5) is 23.2 Å². The molecule has 0 amide bonds. The van der Waals surface area contributed by atoms with Gasteiger partial charge >= 0.3 is 5.51 Å². The first-order valence-corrected chi connectivity index (χ1v) is 8.19. The first-order chi connectivity index (χ1) is 11.1. The summed E-state index contributed by atoms with van der Waals surface area (Å²) in [6.07, 6.45) is -1.18. The molecule has 24 heavy (non-hydrogen) atoms. The molecule has 0 aliphatic carbocycles. The zero-order valence-electron chi connectivity index (χ0n) is 12.1. The van der Waals surface area contributed by atoms with E-state index in [1.54, 1.807) is 6.07 Å². The number of benzene rings is 2. The molecule has 0 bridgehead atoms. The zero-order valence-corrected chi connectivity index (χ0v) is 12.9. The van der Waals surface area contributed by atoms with Gasteiger partial charge in [-0.3, -0.25) is 0 Å². The minimum Gasteiger partial charge on any atom is -0.386 e. The van der Waals surface area contributed by atoms with E-state index in [1.807, 2.05) is 0 Å². The van der Waals surface area contributed by atoms with Crippen LogP contribution in [-0.4, -0.2) is 25.6 Å². The fourth-order valence-corrected chi connectivity index (χ4v) is 2.72. The van der Waals surface area contributed by atoms with Gasteiger partial charge < -0.3 is 10.4 Å². The average Bonchev–Trinajstić information content (AvgIpc) is 2.52. The predicted molar refractivity (Wildman–Crippen MR) is 79.5 cm³/mol. The second kappa shape index (κ2) is 6.78. The standard InChI is InChI=1S/C15H13F4NO3S/c16-13-4-2-1-3-12(13)14(21)9-20-10-5-7-11(8-6-10)24(22,23)15(17,18)19/h1-8,14,20-21H,9H2. The molecular weight excluding hydrogens is 350 g/mol. The molecule has 0 radical (unpaired) electrons. The van der Waals surface area contributed by atoms with E-state index in [0.29, 0.717) is 0 Å². The summed E-state index contributed by atoms with van der Waals surface area (Å²) in [4.78, 5) is -0.879. The summed E-state index contributed by atoms with van der Waals surface area (Å²) in [5.74, 6) is -0.585. The first kappa shape index (κ1) is 18.2. The van der Waals surface area contributed by atoms with E-state index in [1.165, 1.54) is 18.2 Å². The third-order valence-corrected chi connectivity index (χ3v) is 4.74. The maximum Gasteiger partial charge on any atom is 0.501 e. The van der Waals surface area contributed by atoms with Gasteiger partial charge in [0.1, 0.15) is 5.82 Å². The predicted octanol–water partition coefficient (Wildman–Crippen LogP) is 3.26. The Balaban J connectivity index is 2.07. The third kappa shape index (κ3) is 3.85. The van der Waals surface area contributed by atoms with Gasteiger partial charge in [-0.2, -0.15) is 13.2 Å². The molecule has 2 aromatic carbocycles. The number of rotatable bonds is 5. The van der Waals surface area contributed by atoms with Crippen molar-refractivity contribution in [2.24, 2.45) is 0 Å². The molecule has 0 heterocycles. The van der Waals surface area contributed by atoms with Crippen LogP contribution in [0, 0.1) is 5.82 Å². The molecule has 130 valence electrons. The third-order valence-electron chi connectivity index (χ3n) is 3.23. The lowest BCUT2D eigenvalue weighted by Gasteiger charge is -2.14. The highest BCUT2D eigenvalue weighted by Crippen LogP contribution is 2.30. The number of nitrogens with one attached hydrogen (secondary N) is 1. The van der Waals surface area contributed by atoms with Crippen molar-refractivity contribution in [1.29, 1.82) is 0 Å². The van der Waals surface area contributed by atoms with E-state index in [-0.39, 0.29) is 17.8 Å². The minimum absolute atomic E-state index is 0.0706. The minimum atomic E-state index is -5.40. The normalized spacial score (nSPS) is 13.5. The summed E-state index contributed by atoms with van der Waals surface area (Å²) in [7, 11) is -5.40. The number of sulfone groups is 1. The molecule has 1 unspecified atom stereocenters. The second-order valence-corrected chi connectivity index (χ2v) is 6.83. The van der Waals surface area contributed by atoms with Crippen LogP contribution in [-0.2, 0) is 9.84 Å². The Morgan fingerprint density at radius 3 is 2.17 bits per heavy atom. The van der Waals surface area contributed by atoms with Gasteiger partial charge in [0, 0.05) is 17.8 Å². The smallest absolute Gasteiger partial charge is 0.386 e. The fraction of sp³-hybridized carbons (Fsp3) is 0.200. The molecular formula is C15H13F4NO3S. The highest BCUT2D eigenvalue weighted by molar-refractivity contribution is 7.92. The van der Waals surface area contributed by atoms with Crippen LogP contribution >= 0.6 is 0 Å². The van der Waals surface area contributed by atoms with Gasteiger partial charge in [-0.15, -0.1) is 0 Å². The van der Waals surface area contributed by atoms with E-state index in [0.717, 1.165) is 24.3 Å². The summed E-state index contributed by atoms with van der Waals surface area (Å²) in [6.45, 7) is -0.105. The molecule has 0 aromatic heterocycles. The number of alkyl halides is 3. The number of hydrogen-bond donors (Lipinski definition) is 2. The van der Waals surface area contributed by atoms with Crippen molar-refractivity contribution in [3.63, 3.8) is 0 Å². The Morgan fingerprint density at radius 2 is 1.62 bits per heavy atom. The van der Waals surface area contributed by atoms with Crippen molar-refractivity contribution < 1.29 is 31.1 Å². The van der Waals surface area contributed by atoms with Crippen LogP contribution in [0.3, 0.4) is 0 Å². The molecule has 2 N–H and O–H groups in total. The number of anilines is 1. The molecule has 0 spiro atoms. The molecule has 0 fully saturated rings. The van der Waals surface area contributed by atoms with Crippen molar-refractivity contribution in [2.45, 2.75) is 16.5 Å². The van der Waals surface area contributed by atoms with Crippen molar-refractivity contribution in [3.8, 4) is 0 Å². The molecule has 0 saturated heterocycles. The molecule has 0 saturated carbocycles. The van der Waals surface area contributed by atoms with E-state index >= 15 is 0 Å². The molecule has 2 aromatic rings. The SMILES string of the molecule is O=S(=O)(c1ccc(NCC(O)c2ccccc2F)cc1)C(F)(F)F. The van der Waals surface area contributed by atoms with Gasteiger partial charge in [0.25, 0.3) is 9.84 Å². The van der Waals surface area contributed by atoms with Crippen LogP contribution < -0.4 is 5.32 Å². The van der Waals surface area contributed by atoms with Crippen LogP contribution in [0.25, 0.3) is 0 Å². The van der Waals surface area contributed by atoms with Crippen molar-refractivity contribution in [2.75, 3.05) is 11.9 Å². The maximum atomic E-state index is 13.5. The van der Waals surface area contributed by atoms with Crippen molar-refractivity contribution in [1.82, 2.24) is 0 Å². The van der Waals surface area contributed by atoms with Gasteiger partial charge in [-0.05, 0) is 30.3 Å². The van der Waals surface area contributed by atoms with Gasteiger partial charge in [0.05, 0.1) is 11.0 Å². The van der Waals surface area contributed by atoms with E-state index in [9.17, 15) is 31.1 Å². The zero-order chi connectivity index (χ0) is 18.0. The van der Waals surface area contributed by atoms with E-state index in [4.69, 9.17) is 0 Å². The van der Waals surface area contributed by atoms with Crippen molar-refractivity contribution in [3.05, 3.63) is 59.9 Å². The van der Waals surface area contributed by atoms with E-state index < -0.39 is 32.2 Å². The Kier molecular flexibility index (Phi) is 5.14. The van der Waals surface area contributed by atoms with Gasteiger partial charge in [-0.25, -0.2) is 12.8 Å². The highest BCUT2D eigenvalue weighted by atomic mass is 32.2. The van der Waals surface area contributed by atoms with E-state index in [2.05, 4.69) is 5.32 Å². The van der Waals surface area contributed by atoms with Gasteiger partial charge in [0.2, 0.25) is 0 Å². The number of aliphatic hydroxyl groups excluding tert-OH is 1. The summed E-state index contributed by atoms with van der Waals surface area (Å²) >= 11 is 0. The van der Waals surface area contributed by atoms with Crippen molar-refractivity contribution >= 4 is 15.5 Å². The Hall–Kier alpha value is -2.13. The summed E-state index contributed by atoms with van der Waals surface area (Å²) in [5, 5.41) is 12.6.